The Morgan fingerprint density at radius 1 is 0.867 bits per heavy atom. The van der Waals surface area contributed by atoms with E-state index < -0.39 is 33.8 Å². The van der Waals surface area contributed by atoms with E-state index in [9.17, 15) is 17.6 Å². The van der Waals surface area contributed by atoms with Crippen LogP contribution in [0.3, 0.4) is 0 Å². The number of nitrogens with one attached hydrogen (secondary N) is 1. The summed E-state index contributed by atoms with van der Waals surface area (Å²) in [6, 6.07) is 22.6. The molecule has 0 saturated carbocycles. The molecule has 0 aromatic heterocycles. The van der Waals surface area contributed by atoms with Gasteiger partial charge in [0.15, 0.2) is 0 Å². The molecule has 3 aromatic rings. The predicted octanol–water partition coefficient (Wildman–Crippen LogP) is 3.89. The molecule has 0 radical (unpaired) electrons. The van der Waals surface area contributed by atoms with Gasteiger partial charge in [0.1, 0.15) is 11.9 Å². The molecule has 0 fully saturated rings. The van der Waals surface area contributed by atoms with Crippen molar-refractivity contribution in [3.05, 3.63) is 102 Å². The molecule has 0 saturated heterocycles. The van der Waals surface area contributed by atoms with Crippen molar-refractivity contribution < 1.29 is 17.6 Å². The van der Waals surface area contributed by atoms with Crippen LogP contribution in [0.1, 0.15) is 24.1 Å². The van der Waals surface area contributed by atoms with Crippen LogP contribution in [0.4, 0.5) is 10.1 Å². The van der Waals surface area contributed by atoms with Crippen LogP contribution < -0.4 is 9.62 Å². The van der Waals surface area contributed by atoms with Gasteiger partial charge in [0.05, 0.1) is 18.0 Å². The smallest absolute Gasteiger partial charge is 0.244 e. The molecule has 0 aliphatic rings. The summed E-state index contributed by atoms with van der Waals surface area (Å²) in [7, 11) is -3.92. The van der Waals surface area contributed by atoms with Gasteiger partial charge < -0.3 is 5.32 Å². The lowest BCUT2D eigenvalue weighted by Gasteiger charge is -2.30. The molecule has 0 spiro atoms. The van der Waals surface area contributed by atoms with E-state index in [4.69, 9.17) is 0 Å². The number of anilines is 1. The number of halogens is 1. The molecule has 7 heteroatoms. The Balaban J connectivity index is 1.95. The second-order valence-electron chi connectivity index (χ2n) is 6.95. The molecule has 0 aliphatic carbocycles. The Hall–Kier alpha value is -3.19. The fourth-order valence-corrected chi connectivity index (χ4v) is 4.50. The highest BCUT2D eigenvalue weighted by atomic mass is 32.2. The van der Waals surface area contributed by atoms with E-state index in [1.54, 1.807) is 0 Å². The Morgan fingerprint density at radius 2 is 1.33 bits per heavy atom. The lowest BCUT2D eigenvalue weighted by molar-refractivity contribution is -0.122. The molecule has 0 bridgehead atoms. The average Bonchev–Trinajstić information content (AvgIpc) is 2.73. The molecule has 1 N–H and O–H groups in total. The van der Waals surface area contributed by atoms with Gasteiger partial charge in [0, 0.05) is 0 Å². The summed E-state index contributed by atoms with van der Waals surface area (Å²) in [6.07, 6.45) is 0.953. The van der Waals surface area contributed by atoms with E-state index >= 15 is 0 Å². The van der Waals surface area contributed by atoms with Crippen molar-refractivity contribution in [1.29, 1.82) is 0 Å². The zero-order valence-electron chi connectivity index (χ0n) is 16.7. The first-order valence-electron chi connectivity index (χ1n) is 9.43. The molecular weight excluding hydrogens is 403 g/mol. The van der Waals surface area contributed by atoms with Crippen molar-refractivity contribution in [2.45, 2.75) is 19.0 Å². The van der Waals surface area contributed by atoms with Crippen molar-refractivity contribution in [3.8, 4) is 0 Å². The quantitative estimate of drug-likeness (QED) is 0.623. The van der Waals surface area contributed by atoms with Crippen molar-refractivity contribution in [2.24, 2.45) is 0 Å². The van der Waals surface area contributed by atoms with E-state index in [0.717, 1.165) is 27.8 Å². The van der Waals surface area contributed by atoms with E-state index in [-0.39, 0.29) is 5.69 Å². The molecule has 1 amide bonds. The maximum atomic E-state index is 14.3. The summed E-state index contributed by atoms with van der Waals surface area (Å²) in [4.78, 5) is 13.1. The number of hydrogen-bond donors (Lipinski definition) is 1. The normalized spacial score (nSPS) is 12.4. The van der Waals surface area contributed by atoms with Gasteiger partial charge >= 0.3 is 0 Å². The number of rotatable bonds is 7. The Labute approximate surface area is 176 Å². The lowest BCUT2D eigenvalue weighted by Crippen LogP contribution is -2.49. The van der Waals surface area contributed by atoms with Gasteiger partial charge in [-0.25, -0.2) is 12.8 Å². The van der Waals surface area contributed by atoms with E-state index in [2.05, 4.69) is 5.32 Å². The summed E-state index contributed by atoms with van der Waals surface area (Å²) >= 11 is 0. The zero-order valence-corrected chi connectivity index (χ0v) is 17.5. The monoisotopic (exact) mass is 426 g/mol. The molecule has 0 aliphatic heterocycles. The maximum absolute atomic E-state index is 14.3. The first-order chi connectivity index (χ1) is 14.3. The molecular formula is C23H23FN2O3S. The molecule has 156 valence electrons. The highest BCUT2D eigenvalue weighted by Crippen LogP contribution is 2.26. The number of benzene rings is 3. The number of nitrogens with zero attached hydrogens (tertiary/aromatic N) is 1. The topological polar surface area (TPSA) is 66.5 Å². The minimum atomic E-state index is -3.92. The third kappa shape index (κ3) is 4.86. The van der Waals surface area contributed by atoms with Gasteiger partial charge in [-0.2, -0.15) is 0 Å². The molecule has 1 atom stereocenters. The van der Waals surface area contributed by atoms with Crippen molar-refractivity contribution >= 4 is 21.6 Å². The van der Waals surface area contributed by atoms with E-state index in [1.165, 1.54) is 25.1 Å². The number of amides is 1. The first-order valence-corrected chi connectivity index (χ1v) is 11.3. The minimum absolute atomic E-state index is 0.168. The fourth-order valence-electron chi connectivity index (χ4n) is 3.32. The van der Waals surface area contributed by atoms with Crippen molar-refractivity contribution in [1.82, 2.24) is 5.32 Å². The summed E-state index contributed by atoms with van der Waals surface area (Å²) in [6.45, 7) is 1.44. The summed E-state index contributed by atoms with van der Waals surface area (Å²) < 4.78 is 40.0. The number of carbonyl (C=O) groups is 1. The largest absolute Gasteiger partial charge is 0.343 e. The highest BCUT2D eigenvalue weighted by Gasteiger charge is 2.32. The van der Waals surface area contributed by atoms with E-state index in [1.807, 2.05) is 60.7 Å². The van der Waals surface area contributed by atoms with Gasteiger partial charge in [-0.15, -0.1) is 0 Å². The lowest BCUT2D eigenvalue weighted by atomic mass is 9.98. The van der Waals surface area contributed by atoms with Crippen molar-refractivity contribution in [2.75, 3.05) is 10.6 Å². The Morgan fingerprint density at radius 3 is 1.80 bits per heavy atom. The first kappa shape index (κ1) is 21.5. The van der Waals surface area contributed by atoms with Crippen LogP contribution in [0.25, 0.3) is 0 Å². The highest BCUT2D eigenvalue weighted by molar-refractivity contribution is 7.92. The molecule has 3 aromatic carbocycles. The molecule has 30 heavy (non-hydrogen) atoms. The second-order valence-corrected chi connectivity index (χ2v) is 8.81. The predicted molar refractivity (Wildman–Crippen MR) is 116 cm³/mol. The summed E-state index contributed by atoms with van der Waals surface area (Å²) in [5.41, 5.74) is 1.53. The van der Waals surface area contributed by atoms with Crippen molar-refractivity contribution in [3.63, 3.8) is 0 Å². The third-order valence-electron chi connectivity index (χ3n) is 4.73. The van der Waals surface area contributed by atoms with Gasteiger partial charge in [-0.3, -0.25) is 9.10 Å². The summed E-state index contributed by atoms with van der Waals surface area (Å²) in [5.74, 6) is -1.26. The second kappa shape index (κ2) is 9.09. The third-order valence-corrected chi connectivity index (χ3v) is 5.96. The zero-order chi connectivity index (χ0) is 21.7. The van der Waals surface area contributed by atoms with Crippen LogP contribution in [0.15, 0.2) is 84.9 Å². The minimum Gasteiger partial charge on any atom is -0.343 e. The fraction of sp³-hybridized carbons (Fsp3) is 0.174. The Bertz CT molecular complexity index is 1070. The maximum Gasteiger partial charge on any atom is 0.244 e. The molecule has 5 nitrogen and oxygen atoms in total. The number of sulfonamides is 1. The van der Waals surface area contributed by atoms with E-state index in [0.29, 0.717) is 0 Å². The van der Waals surface area contributed by atoms with Gasteiger partial charge in [-0.1, -0.05) is 72.8 Å². The number of carbonyl (C=O) groups excluding carboxylic acids is 1. The molecule has 3 rings (SSSR count). The Kier molecular flexibility index (Phi) is 6.52. The van der Waals surface area contributed by atoms with Crippen LogP contribution >= 0.6 is 0 Å². The van der Waals surface area contributed by atoms with Crippen LogP contribution in [0, 0.1) is 5.82 Å². The van der Waals surface area contributed by atoms with Crippen LogP contribution in [0.5, 0.6) is 0 Å². The van der Waals surface area contributed by atoms with Crippen LogP contribution in [0.2, 0.25) is 0 Å². The van der Waals surface area contributed by atoms with Crippen LogP contribution in [-0.2, 0) is 14.8 Å². The van der Waals surface area contributed by atoms with Gasteiger partial charge in [0.2, 0.25) is 15.9 Å². The average molecular weight is 427 g/mol. The van der Waals surface area contributed by atoms with Crippen LogP contribution in [-0.4, -0.2) is 26.6 Å². The number of hydrogen-bond acceptors (Lipinski definition) is 3. The SMILES string of the molecule is C[C@@H](C(=O)NC(c1ccccc1)c1ccccc1)N(c1ccccc1F)S(C)(=O)=O. The standard InChI is InChI=1S/C23H23FN2O3S/c1-17(26(30(2,28)29)21-16-10-9-15-20(21)24)23(27)25-22(18-11-5-3-6-12-18)19-13-7-4-8-14-19/h3-17,22H,1-2H3,(H,25,27)/t17-/m0/s1. The molecule has 0 unspecified atom stereocenters. The van der Waals surface area contributed by atoms with Gasteiger partial charge in [0.25, 0.3) is 0 Å². The number of para-hydroxylation sites is 1. The molecule has 0 heterocycles. The summed E-state index contributed by atoms with van der Waals surface area (Å²) in [5, 5.41) is 2.92. The van der Waals surface area contributed by atoms with Gasteiger partial charge in [-0.05, 0) is 30.2 Å².